The Morgan fingerprint density at radius 2 is 1.89 bits per heavy atom. The zero-order chi connectivity index (χ0) is 20.1. The number of nitrogens with zero attached hydrogens (tertiary/aromatic N) is 1. The van der Waals surface area contributed by atoms with Crippen molar-refractivity contribution in [3.63, 3.8) is 0 Å². The highest BCUT2D eigenvalue weighted by atomic mass is 16.5. The van der Waals surface area contributed by atoms with E-state index < -0.39 is 17.9 Å². The predicted molar refractivity (Wildman–Crippen MR) is 101 cm³/mol. The molecule has 0 aromatic heterocycles. The summed E-state index contributed by atoms with van der Waals surface area (Å²) in [5.41, 5.74) is 1.12. The topological polar surface area (TPSA) is 105 Å². The van der Waals surface area contributed by atoms with Gasteiger partial charge in [0.2, 0.25) is 0 Å². The molecule has 0 radical (unpaired) electrons. The molecule has 0 bridgehead atoms. The molecular formula is C20H18N2O6. The van der Waals surface area contributed by atoms with Crippen LogP contribution in [0.15, 0.2) is 30.3 Å². The molecule has 1 aliphatic rings. The fourth-order valence-corrected chi connectivity index (χ4v) is 3.03. The number of benzene rings is 2. The zero-order valence-corrected chi connectivity index (χ0v) is 14.9. The zero-order valence-electron chi connectivity index (χ0n) is 14.9. The van der Waals surface area contributed by atoms with E-state index >= 15 is 0 Å². The van der Waals surface area contributed by atoms with Crippen LogP contribution in [-0.2, 0) is 9.47 Å². The number of amides is 3. The second-order valence-corrected chi connectivity index (χ2v) is 5.89. The van der Waals surface area contributed by atoms with E-state index in [9.17, 15) is 14.4 Å². The Hall–Kier alpha value is -3.41. The van der Waals surface area contributed by atoms with Crippen molar-refractivity contribution in [2.45, 2.75) is 0 Å². The molecule has 0 unspecified atom stereocenters. The van der Waals surface area contributed by atoms with Crippen molar-refractivity contribution in [2.75, 3.05) is 38.3 Å². The SMILES string of the molecule is C#CCOC(=O)Nc1ccc2c3c(cccc13)C(=O)N(CCOCCO)C2=O. The summed E-state index contributed by atoms with van der Waals surface area (Å²) in [5.74, 6) is 1.31. The number of carbonyl (C=O) groups is 3. The highest BCUT2D eigenvalue weighted by Crippen LogP contribution is 2.34. The summed E-state index contributed by atoms with van der Waals surface area (Å²) in [6, 6.07) is 8.14. The lowest BCUT2D eigenvalue weighted by Crippen LogP contribution is -2.42. The van der Waals surface area contributed by atoms with Crippen LogP contribution >= 0.6 is 0 Å². The molecular weight excluding hydrogens is 364 g/mol. The number of terminal acetylenes is 1. The van der Waals surface area contributed by atoms with Gasteiger partial charge in [-0.05, 0) is 18.2 Å². The molecule has 0 spiro atoms. The van der Waals surface area contributed by atoms with Crippen molar-refractivity contribution in [3.8, 4) is 12.3 Å². The summed E-state index contributed by atoms with van der Waals surface area (Å²) in [6.45, 7) is 0.0318. The molecule has 0 fully saturated rings. The van der Waals surface area contributed by atoms with Gasteiger partial charge >= 0.3 is 6.09 Å². The molecule has 2 N–H and O–H groups in total. The van der Waals surface area contributed by atoms with Gasteiger partial charge in [-0.1, -0.05) is 18.1 Å². The van der Waals surface area contributed by atoms with Crippen LogP contribution in [0.25, 0.3) is 10.8 Å². The lowest BCUT2D eigenvalue weighted by Gasteiger charge is -2.27. The standard InChI is InChI=1S/C20H18N2O6/c1-2-10-28-20(26)21-16-7-6-15-17-13(16)4-3-5-14(17)18(24)22(19(15)25)8-11-27-12-9-23/h1,3-7,23H,8-12H2,(H,21,26). The Bertz CT molecular complexity index is 956. The Balaban J connectivity index is 1.93. The van der Waals surface area contributed by atoms with Crippen LogP contribution in [0.5, 0.6) is 0 Å². The molecule has 0 saturated carbocycles. The predicted octanol–water partition coefficient (Wildman–Crippen LogP) is 1.63. The summed E-state index contributed by atoms with van der Waals surface area (Å²) < 4.78 is 9.98. The van der Waals surface area contributed by atoms with Gasteiger partial charge in [-0.3, -0.25) is 19.8 Å². The average molecular weight is 382 g/mol. The Morgan fingerprint density at radius 3 is 2.61 bits per heavy atom. The number of imide groups is 1. The molecule has 28 heavy (non-hydrogen) atoms. The maximum atomic E-state index is 12.8. The van der Waals surface area contributed by atoms with Gasteiger partial charge < -0.3 is 14.6 Å². The van der Waals surface area contributed by atoms with Gasteiger partial charge in [0, 0.05) is 21.9 Å². The first-order valence-electron chi connectivity index (χ1n) is 8.56. The van der Waals surface area contributed by atoms with E-state index in [1.807, 2.05) is 0 Å². The van der Waals surface area contributed by atoms with Crippen molar-refractivity contribution in [1.29, 1.82) is 0 Å². The quantitative estimate of drug-likeness (QED) is 0.428. The third kappa shape index (κ3) is 3.67. The summed E-state index contributed by atoms with van der Waals surface area (Å²) in [5, 5.41) is 12.3. The molecule has 3 rings (SSSR count). The first-order chi connectivity index (χ1) is 13.6. The van der Waals surface area contributed by atoms with E-state index in [2.05, 4.69) is 11.2 Å². The first kappa shape index (κ1) is 19.4. The molecule has 144 valence electrons. The highest BCUT2D eigenvalue weighted by molar-refractivity contribution is 6.27. The lowest BCUT2D eigenvalue weighted by molar-refractivity contribution is 0.0478. The van der Waals surface area contributed by atoms with Crippen molar-refractivity contribution >= 4 is 34.4 Å². The summed E-state index contributed by atoms with van der Waals surface area (Å²) in [4.78, 5) is 38.6. The summed E-state index contributed by atoms with van der Waals surface area (Å²) >= 11 is 0. The number of hydrogen-bond donors (Lipinski definition) is 2. The third-order valence-electron chi connectivity index (χ3n) is 4.21. The van der Waals surface area contributed by atoms with Crippen molar-refractivity contribution in [1.82, 2.24) is 4.90 Å². The van der Waals surface area contributed by atoms with Crippen LogP contribution in [0.2, 0.25) is 0 Å². The second kappa shape index (κ2) is 8.52. The molecule has 8 heteroatoms. The lowest BCUT2D eigenvalue weighted by atomic mass is 9.93. The number of nitrogens with one attached hydrogen (secondary N) is 1. The monoisotopic (exact) mass is 382 g/mol. The minimum absolute atomic E-state index is 0.0753. The number of aliphatic hydroxyl groups excluding tert-OH is 1. The number of anilines is 1. The summed E-state index contributed by atoms with van der Waals surface area (Å²) in [7, 11) is 0. The molecule has 3 amide bonds. The van der Waals surface area contributed by atoms with Crippen molar-refractivity contribution in [2.24, 2.45) is 0 Å². The second-order valence-electron chi connectivity index (χ2n) is 5.89. The minimum atomic E-state index is -0.727. The largest absolute Gasteiger partial charge is 0.436 e. The minimum Gasteiger partial charge on any atom is -0.436 e. The molecule has 0 atom stereocenters. The maximum absolute atomic E-state index is 12.8. The molecule has 1 heterocycles. The molecule has 0 saturated heterocycles. The van der Waals surface area contributed by atoms with Crippen LogP contribution in [0.1, 0.15) is 20.7 Å². The van der Waals surface area contributed by atoms with Gasteiger partial charge in [0.1, 0.15) is 0 Å². The first-order valence-corrected chi connectivity index (χ1v) is 8.56. The maximum Gasteiger partial charge on any atom is 0.412 e. The Kier molecular flexibility index (Phi) is 5.89. The average Bonchev–Trinajstić information content (AvgIpc) is 2.70. The number of ether oxygens (including phenoxy) is 2. The molecule has 0 aliphatic carbocycles. The van der Waals surface area contributed by atoms with Gasteiger partial charge in [-0.15, -0.1) is 6.42 Å². The number of hydrogen-bond acceptors (Lipinski definition) is 6. The van der Waals surface area contributed by atoms with Crippen LogP contribution in [0, 0.1) is 12.3 Å². The van der Waals surface area contributed by atoms with Gasteiger partial charge in [0.25, 0.3) is 11.8 Å². The number of rotatable bonds is 7. The van der Waals surface area contributed by atoms with Gasteiger partial charge in [0.15, 0.2) is 6.61 Å². The van der Waals surface area contributed by atoms with E-state index in [4.69, 9.17) is 21.0 Å². The van der Waals surface area contributed by atoms with Crippen molar-refractivity contribution < 1.29 is 29.0 Å². The van der Waals surface area contributed by atoms with Crippen molar-refractivity contribution in [3.05, 3.63) is 41.5 Å². The van der Waals surface area contributed by atoms with E-state index in [1.54, 1.807) is 30.3 Å². The molecule has 2 aromatic rings. The molecule has 1 aliphatic heterocycles. The van der Waals surface area contributed by atoms with E-state index in [0.717, 1.165) is 4.90 Å². The fourth-order valence-electron chi connectivity index (χ4n) is 3.03. The Morgan fingerprint density at radius 1 is 1.14 bits per heavy atom. The highest BCUT2D eigenvalue weighted by Gasteiger charge is 2.33. The van der Waals surface area contributed by atoms with Crippen LogP contribution < -0.4 is 5.32 Å². The van der Waals surface area contributed by atoms with Crippen LogP contribution in [-0.4, -0.2) is 60.9 Å². The smallest absolute Gasteiger partial charge is 0.412 e. The normalized spacial score (nSPS) is 12.8. The van der Waals surface area contributed by atoms with Gasteiger partial charge in [-0.25, -0.2) is 4.79 Å². The van der Waals surface area contributed by atoms with E-state index in [1.165, 1.54) is 0 Å². The van der Waals surface area contributed by atoms with Gasteiger partial charge in [0.05, 0.1) is 32.1 Å². The van der Waals surface area contributed by atoms with Crippen LogP contribution in [0.3, 0.4) is 0 Å². The third-order valence-corrected chi connectivity index (χ3v) is 4.21. The van der Waals surface area contributed by atoms with Gasteiger partial charge in [-0.2, -0.15) is 0 Å². The number of aliphatic hydroxyl groups is 1. The van der Waals surface area contributed by atoms with Crippen LogP contribution in [0.4, 0.5) is 10.5 Å². The molecule has 2 aromatic carbocycles. The van der Waals surface area contributed by atoms with E-state index in [0.29, 0.717) is 27.6 Å². The fraction of sp³-hybridized carbons (Fsp3) is 0.250. The Labute approximate surface area is 161 Å². The van der Waals surface area contributed by atoms with E-state index in [-0.39, 0.29) is 33.0 Å². The number of carbonyl (C=O) groups excluding carboxylic acids is 3. The molecule has 8 nitrogen and oxygen atoms in total. The summed E-state index contributed by atoms with van der Waals surface area (Å²) in [6.07, 6.45) is 4.34.